The monoisotopic (exact) mass is 418 g/mol. The molecular formula is C23H25F3N2O2. The van der Waals surface area contributed by atoms with E-state index < -0.39 is 24.4 Å². The van der Waals surface area contributed by atoms with Crippen molar-refractivity contribution in [1.29, 1.82) is 0 Å². The highest BCUT2D eigenvalue weighted by atomic mass is 19.3. The third-order valence-corrected chi connectivity index (χ3v) is 6.14. The lowest BCUT2D eigenvalue weighted by Crippen LogP contribution is -2.53. The molecule has 2 aliphatic rings. The van der Waals surface area contributed by atoms with Gasteiger partial charge in [-0.25, -0.2) is 13.2 Å². The molecule has 2 aliphatic heterocycles. The van der Waals surface area contributed by atoms with Crippen LogP contribution in [-0.4, -0.2) is 54.4 Å². The van der Waals surface area contributed by atoms with Crippen molar-refractivity contribution in [3.63, 3.8) is 0 Å². The van der Waals surface area contributed by atoms with Gasteiger partial charge in [0.25, 0.3) is 5.92 Å². The fourth-order valence-corrected chi connectivity index (χ4v) is 4.51. The van der Waals surface area contributed by atoms with Gasteiger partial charge in [0.05, 0.1) is 25.6 Å². The molecule has 2 atom stereocenters. The second-order valence-electron chi connectivity index (χ2n) is 8.04. The van der Waals surface area contributed by atoms with Crippen molar-refractivity contribution in [3.05, 3.63) is 65.5 Å². The van der Waals surface area contributed by atoms with E-state index in [0.717, 1.165) is 5.56 Å². The van der Waals surface area contributed by atoms with Crippen LogP contribution in [0.5, 0.6) is 5.75 Å². The highest BCUT2D eigenvalue weighted by molar-refractivity contribution is 5.84. The molecule has 30 heavy (non-hydrogen) atoms. The summed E-state index contributed by atoms with van der Waals surface area (Å²) in [4.78, 5) is 16.2. The number of piperidine rings is 1. The molecule has 0 radical (unpaired) electrons. The number of halogens is 3. The summed E-state index contributed by atoms with van der Waals surface area (Å²) < 4.78 is 48.2. The highest BCUT2D eigenvalue weighted by Gasteiger charge is 2.49. The summed E-state index contributed by atoms with van der Waals surface area (Å²) in [6, 6.07) is 12.3. The first-order valence-electron chi connectivity index (χ1n) is 10.2. The van der Waals surface area contributed by atoms with Crippen LogP contribution in [0, 0.1) is 5.82 Å². The minimum Gasteiger partial charge on any atom is -0.497 e. The van der Waals surface area contributed by atoms with Crippen molar-refractivity contribution >= 4 is 5.91 Å². The molecule has 0 spiro atoms. The number of amides is 1. The Morgan fingerprint density at radius 1 is 1.03 bits per heavy atom. The average Bonchev–Trinajstić information content (AvgIpc) is 3.09. The van der Waals surface area contributed by atoms with E-state index in [2.05, 4.69) is 0 Å². The van der Waals surface area contributed by atoms with E-state index in [9.17, 15) is 9.18 Å². The zero-order valence-corrected chi connectivity index (χ0v) is 16.9. The molecule has 2 aromatic carbocycles. The van der Waals surface area contributed by atoms with Gasteiger partial charge >= 0.3 is 0 Å². The predicted molar refractivity (Wildman–Crippen MR) is 107 cm³/mol. The Labute approximate surface area is 174 Å². The lowest BCUT2D eigenvalue weighted by Gasteiger charge is -2.40. The molecule has 160 valence electrons. The van der Waals surface area contributed by atoms with E-state index in [1.807, 2.05) is 0 Å². The molecule has 7 heteroatoms. The second kappa shape index (κ2) is 8.30. The summed E-state index contributed by atoms with van der Waals surface area (Å²) in [5, 5.41) is 0. The highest BCUT2D eigenvalue weighted by Crippen LogP contribution is 2.42. The normalized spacial score (nSPS) is 24.3. The Kier molecular flexibility index (Phi) is 5.73. The van der Waals surface area contributed by atoms with Crippen LogP contribution in [0.2, 0.25) is 0 Å². The number of hydrogen-bond donors (Lipinski definition) is 0. The standard InChI is InChI=1S/C23H25F3N2O2/c1-30-19-8-4-17(5-9-19)20-10-12-28(15-23(20,25)26)21-11-13-27(22(21)29)14-16-2-6-18(24)7-3-16/h2-9,20-21H,10-15H2,1H3. The third-order valence-electron chi connectivity index (χ3n) is 6.14. The number of hydrogen-bond acceptors (Lipinski definition) is 3. The maximum absolute atomic E-state index is 15.0. The van der Waals surface area contributed by atoms with Crippen LogP contribution in [0.3, 0.4) is 0 Å². The topological polar surface area (TPSA) is 32.8 Å². The van der Waals surface area contributed by atoms with Gasteiger partial charge in [0.15, 0.2) is 0 Å². The van der Waals surface area contributed by atoms with Gasteiger partial charge in [-0.1, -0.05) is 24.3 Å². The fraction of sp³-hybridized carbons (Fsp3) is 0.435. The Morgan fingerprint density at radius 2 is 1.73 bits per heavy atom. The molecule has 2 heterocycles. The van der Waals surface area contributed by atoms with E-state index in [1.165, 1.54) is 12.1 Å². The predicted octanol–water partition coefficient (Wildman–Crippen LogP) is 4.06. The molecule has 0 aliphatic carbocycles. The van der Waals surface area contributed by atoms with Crippen LogP contribution in [-0.2, 0) is 11.3 Å². The molecule has 0 N–H and O–H groups in total. The molecule has 0 saturated carbocycles. The van der Waals surface area contributed by atoms with E-state index >= 15 is 8.78 Å². The van der Waals surface area contributed by atoms with Crippen LogP contribution in [0.25, 0.3) is 0 Å². The number of benzene rings is 2. The minimum absolute atomic E-state index is 0.127. The van der Waals surface area contributed by atoms with E-state index in [1.54, 1.807) is 53.3 Å². The van der Waals surface area contributed by atoms with Crippen molar-refractivity contribution in [2.24, 2.45) is 0 Å². The zero-order valence-electron chi connectivity index (χ0n) is 16.9. The number of carbonyl (C=O) groups is 1. The number of ether oxygens (including phenoxy) is 1. The van der Waals surface area contributed by atoms with Crippen molar-refractivity contribution in [2.75, 3.05) is 26.7 Å². The molecule has 4 nitrogen and oxygen atoms in total. The summed E-state index contributed by atoms with van der Waals surface area (Å²) in [7, 11) is 1.54. The quantitative estimate of drug-likeness (QED) is 0.734. The summed E-state index contributed by atoms with van der Waals surface area (Å²) >= 11 is 0. The number of carbonyl (C=O) groups excluding carboxylic acids is 1. The minimum atomic E-state index is -2.92. The number of likely N-dealkylation sites (tertiary alicyclic amines) is 2. The van der Waals surface area contributed by atoms with Crippen molar-refractivity contribution in [2.45, 2.75) is 37.3 Å². The lowest BCUT2D eigenvalue weighted by molar-refractivity contribution is -0.137. The first-order valence-corrected chi connectivity index (χ1v) is 10.2. The zero-order chi connectivity index (χ0) is 21.3. The van der Waals surface area contributed by atoms with Gasteiger partial charge < -0.3 is 9.64 Å². The molecule has 2 fully saturated rings. The van der Waals surface area contributed by atoms with Gasteiger partial charge in [0.2, 0.25) is 5.91 Å². The van der Waals surface area contributed by atoms with Gasteiger partial charge in [-0.3, -0.25) is 9.69 Å². The van der Waals surface area contributed by atoms with Crippen LogP contribution in [0.4, 0.5) is 13.2 Å². The molecule has 4 rings (SSSR count). The van der Waals surface area contributed by atoms with Crippen LogP contribution in [0.1, 0.15) is 29.9 Å². The molecule has 2 saturated heterocycles. The van der Waals surface area contributed by atoms with Crippen molar-refractivity contribution in [3.8, 4) is 5.75 Å². The van der Waals surface area contributed by atoms with Gasteiger partial charge in [-0.05, 0) is 54.8 Å². The smallest absolute Gasteiger partial charge is 0.267 e. The summed E-state index contributed by atoms with van der Waals surface area (Å²) in [6.07, 6.45) is 0.824. The van der Waals surface area contributed by atoms with Crippen LogP contribution in [0.15, 0.2) is 48.5 Å². The fourth-order valence-electron chi connectivity index (χ4n) is 4.51. The van der Waals surface area contributed by atoms with Gasteiger partial charge in [-0.2, -0.15) is 0 Å². The summed E-state index contributed by atoms with van der Waals surface area (Å²) in [6.45, 7) is 0.913. The number of nitrogens with zero attached hydrogens (tertiary/aromatic N) is 2. The molecule has 0 aromatic heterocycles. The largest absolute Gasteiger partial charge is 0.497 e. The van der Waals surface area contributed by atoms with Crippen LogP contribution >= 0.6 is 0 Å². The molecule has 1 amide bonds. The Balaban J connectivity index is 1.40. The first-order chi connectivity index (χ1) is 14.4. The van der Waals surface area contributed by atoms with Gasteiger partial charge in [0, 0.05) is 13.1 Å². The van der Waals surface area contributed by atoms with E-state index in [-0.39, 0.29) is 11.7 Å². The molecule has 2 unspecified atom stereocenters. The van der Waals surface area contributed by atoms with Gasteiger partial charge in [0.1, 0.15) is 11.6 Å². The Bertz CT molecular complexity index is 886. The van der Waals surface area contributed by atoms with Gasteiger partial charge in [-0.15, -0.1) is 0 Å². The Morgan fingerprint density at radius 3 is 2.37 bits per heavy atom. The second-order valence-corrected chi connectivity index (χ2v) is 8.04. The van der Waals surface area contributed by atoms with E-state index in [0.29, 0.717) is 43.8 Å². The van der Waals surface area contributed by atoms with Crippen LogP contribution < -0.4 is 4.74 Å². The average molecular weight is 418 g/mol. The molecular weight excluding hydrogens is 393 g/mol. The third kappa shape index (κ3) is 4.17. The SMILES string of the molecule is COc1ccc(C2CCN(C3CCN(Cc4ccc(F)cc4)C3=O)CC2(F)F)cc1. The molecule has 0 bridgehead atoms. The number of alkyl halides is 2. The summed E-state index contributed by atoms with van der Waals surface area (Å²) in [5.74, 6) is -3.61. The molecule has 2 aromatic rings. The number of methoxy groups -OCH3 is 1. The summed E-state index contributed by atoms with van der Waals surface area (Å²) in [5.41, 5.74) is 1.42. The first kappa shape index (κ1) is 20.7. The Hall–Kier alpha value is -2.54. The van der Waals surface area contributed by atoms with Crippen molar-refractivity contribution < 1.29 is 22.7 Å². The maximum atomic E-state index is 15.0. The van der Waals surface area contributed by atoms with Crippen molar-refractivity contribution in [1.82, 2.24) is 9.80 Å². The van der Waals surface area contributed by atoms with E-state index in [4.69, 9.17) is 4.74 Å². The number of rotatable bonds is 5. The lowest BCUT2D eigenvalue weighted by atomic mass is 9.85. The maximum Gasteiger partial charge on any atom is 0.267 e.